The van der Waals surface area contributed by atoms with Gasteiger partial charge in [0.05, 0.1) is 28.7 Å². The van der Waals surface area contributed by atoms with Crippen molar-refractivity contribution in [1.82, 2.24) is 39.6 Å². The van der Waals surface area contributed by atoms with Crippen molar-refractivity contribution < 1.29 is 23.1 Å². The summed E-state index contributed by atoms with van der Waals surface area (Å²) >= 11 is 0. The minimum atomic E-state index is -3.65. The Morgan fingerprint density at radius 3 is 2.77 bits per heavy atom. The molecule has 0 radical (unpaired) electrons. The van der Waals surface area contributed by atoms with Gasteiger partial charge in [0.1, 0.15) is 6.04 Å². The average Bonchev–Trinajstić information content (AvgIpc) is 3.38. The number of rotatable bonds is 4. The fourth-order valence-electron chi connectivity index (χ4n) is 3.93. The van der Waals surface area contributed by atoms with E-state index in [0.29, 0.717) is 22.4 Å². The Balaban J connectivity index is 1.72. The normalized spacial score (nSPS) is 16.9. The van der Waals surface area contributed by atoms with Gasteiger partial charge in [-0.3, -0.25) is 9.48 Å². The Bertz CT molecular complexity index is 1590. The molecule has 1 aliphatic rings. The quantitative estimate of drug-likeness (QED) is 0.345. The molecule has 0 unspecified atom stereocenters. The van der Waals surface area contributed by atoms with Crippen LogP contribution in [0.5, 0.6) is 0 Å². The van der Waals surface area contributed by atoms with E-state index >= 15 is 0 Å². The predicted octanol–water partition coefficient (Wildman–Crippen LogP) is -0.0282. The van der Waals surface area contributed by atoms with Crippen molar-refractivity contribution in [2.24, 2.45) is 7.05 Å². The van der Waals surface area contributed by atoms with E-state index in [1.54, 1.807) is 36.3 Å². The topological polar surface area (TPSA) is 177 Å². The number of carbonyl (C=O) groups excluding carboxylic acids is 1. The maximum Gasteiger partial charge on any atom is 0.407 e. The third-order valence-electron chi connectivity index (χ3n) is 5.60. The molecule has 2 amide bonds. The SMILES string of the molecule is Cn1cc(-c2nc3c4cccc(S(C)(=O)=O)c4nc(N[C@@H]4CN(C(=O)O)CCNC4=O)n3n2)cn1. The van der Waals surface area contributed by atoms with Gasteiger partial charge in [-0.05, 0) is 12.1 Å². The molecule has 3 N–H and O–H groups in total. The molecule has 35 heavy (non-hydrogen) atoms. The maximum atomic E-state index is 12.7. The standard InChI is InChI=1S/C20H21N9O5S/c1-27-9-11(8-22-27)16-25-17-12-4-3-5-14(35(2,33)34)15(12)24-19(29(17)26-16)23-13-10-28(20(31)32)7-6-21-18(13)30/h3-5,8-9,13H,6-7,10H2,1-2H3,(H,21,30)(H,23,24)(H,31,32)/t13-/m1/s1. The average molecular weight is 500 g/mol. The molecular weight excluding hydrogens is 478 g/mol. The Labute approximate surface area is 198 Å². The highest BCUT2D eigenvalue weighted by molar-refractivity contribution is 7.91. The molecule has 14 nitrogen and oxygen atoms in total. The van der Waals surface area contributed by atoms with Crippen LogP contribution in [0.15, 0.2) is 35.5 Å². The number of sulfone groups is 1. The van der Waals surface area contributed by atoms with Crippen molar-refractivity contribution in [2.75, 3.05) is 31.2 Å². The Kier molecular flexibility index (Phi) is 5.27. The Hall–Kier alpha value is -4.27. The van der Waals surface area contributed by atoms with Crippen molar-refractivity contribution in [1.29, 1.82) is 0 Å². The Morgan fingerprint density at radius 2 is 2.09 bits per heavy atom. The zero-order valence-corrected chi connectivity index (χ0v) is 19.5. The summed E-state index contributed by atoms with van der Waals surface area (Å²) in [5.41, 5.74) is 1.09. The summed E-state index contributed by atoms with van der Waals surface area (Å²) in [6.45, 7) is 0.156. The molecule has 4 heterocycles. The number of para-hydroxylation sites is 1. The first-order chi connectivity index (χ1) is 16.6. The lowest BCUT2D eigenvalue weighted by molar-refractivity contribution is -0.121. The third-order valence-corrected chi connectivity index (χ3v) is 6.73. The van der Waals surface area contributed by atoms with Crippen LogP contribution in [-0.4, -0.2) is 91.7 Å². The van der Waals surface area contributed by atoms with Crippen LogP contribution in [-0.2, 0) is 21.7 Å². The highest BCUT2D eigenvalue weighted by atomic mass is 32.2. The van der Waals surface area contributed by atoms with Gasteiger partial charge in [0.2, 0.25) is 11.9 Å². The van der Waals surface area contributed by atoms with Gasteiger partial charge in [0, 0.05) is 38.0 Å². The number of amides is 2. The molecule has 0 bridgehead atoms. The summed E-state index contributed by atoms with van der Waals surface area (Å²) < 4.78 is 27.9. The summed E-state index contributed by atoms with van der Waals surface area (Å²) in [5.74, 6) is -0.0656. The summed E-state index contributed by atoms with van der Waals surface area (Å²) in [7, 11) is -1.90. The summed E-state index contributed by atoms with van der Waals surface area (Å²) in [6, 6.07) is 3.71. The van der Waals surface area contributed by atoms with Crippen LogP contribution in [0.3, 0.4) is 0 Å². The van der Waals surface area contributed by atoms with Crippen LogP contribution in [0.4, 0.5) is 10.7 Å². The number of carbonyl (C=O) groups is 2. The molecule has 0 aliphatic carbocycles. The minimum Gasteiger partial charge on any atom is -0.465 e. The first kappa shape index (κ1) is 22.5. The lowest BCUT2D eigenvalue weighted by atomic mass is 10.2. The third kappa shape index (κ3) is 4.09. The van der Waals surface area contributed by atoms with Crippen molar-refractivity contribution in [3.63, 3.8) is 0 Å². The van der Waals surface area contributed by atoms with E-state index in [-0.39, 0.29) is 36.0 Å². The van der Waals surface area contributed by atoms with Crippen molar-refractivity contribution in [3.8, 4) is 11.4 Å². The second-order valence-electron chi connectivity index (χ2n) is 8.15. The van der Waals surface area contributed by atoms with Gasteiger partial charge in [0.15, 0.2) is 21.3 Å². The van der Waals surface area contributed by atoms with Crippen LogP contribution in [0.2, 0.25) is 0 Å². The van der Waals surface area contributed by atoms with Crippen LogP contribution in [0.1, 0.15) is 0 Å². The van der Waals surface area contributed by atoms with Crippen LogP contribution >= 0.6 is 0 Å². The zero-order valence-electron chi connectivity index (χ0n) is 18.7. The summed E-state index contributed by atoms with van der Waals surface area (Å²) in [6.07, 6.45) is 3.23. The molecule has 1 saturated heterocycles. The number of aromatic nitrogens is 6. The Morgan fingerprint density at radius 1 is 1.29 bits per heavy atom. The number of fused-ring (bicyclic) bond motifs is 3. The number of aryl methyl sites for hydroxylation is 1. The fraction of sp³-hybridized carbons (Fsp3) is 0.300. The fourth-order valence-corrected chi connectivity index (χ4v) is 4.76. The maximum absolute atomic E-state index is 12.7. The smallest absolute Gasteiger partial charge is 0.407 e. The van der Waals surface area contributed by atoms with Gasteiger partial charge < -0.3 is 20.6 Å². The van der Waals surface area contributed by atoms with Crippen LogP contribution in [0.25, 0.3) is 27.9 Å². The molecule has 0 saturated carbocycles. The van der Waals surface area contributed by atoms with Gasteiger partial charge in [-0.2, -0.15) is 9.61 Å². The minimum absolute atomic E-state index is 0.0102. The predicted molar refractivity (Wildman–Crippen MR) is 124 cm³/mol. The number of hydrogen-bond acceptors (Lipinski definition) is 9. The molecule has 3 aromatic heterocycles. The molecule has 182 valence electrons. The van der Waals surface area contributed by atoms with Gasteiger partial charge in [-0.1, -0.05) is 6.07 Å². The van der Waals surface area contributed by atoms with E-state index < -0.39 is 27.9 Å². The van der Waals surface area contributed by atoms with Crippen molar-refractivity contribution >= 4 is 44.3 Å². The molecule has 4 aromatic rings. The number of anilines is 1. The lowest BCUT2D eigenvalue weighted by Gasteiger charge is -2.21. The van der Waals surface area contributed by atoms with E-state index in [2.05, 4.69) is 30.8 Å². The highest BCUT2D eigenvalue weighted by Gasteiger charge is 2.29. The summed E-state index contributed by atoms with van der Waals surface area (Å²) in [5, 5.41) is 24.2. The van der Waals surface area contributed by atoms with E-state index in [1.807, 2.05) is 0 Å². The zero-order chi connectivity index (χ0) is 24.9. The van der Waals surface area contributed by atoms with Gasteiger partial charge >= 0.3 is 6.09 Å². The van der Waals surface area contributed by atoms with Crippen LogP contribution in [0, 0.1) is 0 Å². The van der Waals surface area contributed by atoms with Crippen molar-refractivity contribution in [3.05, 3.63) is 30.6 Å². The van der Waals surface area contributed by atoms with Crippen LogP contribution < -0.4 is 10.6 Å². The molecule has 5 rings (SSSR count). The second kappa shape index (κ2) is 8.19. The second-order valence-corrected chi connectivity index (χ2v) is 10.1. The summed E-state index contributed by atoms with van der Waals surface area (Å²) in [4.78, 5) is 34.4. The van der Waals surface area contributed by atoms with E-state index in [0.717, 1.165) is 11.2 Å². The molecule has 1 atom stereocenters. The number of hydrogen-bond donors (Lipinski definition) is 3. The van der Waals surface area contributed by atoms with E-state index in [9.17, 15) is 23.1 Å². The molecular formula is C20H21N9O5S. The van der Waals surface area contributed by atoms with Gasteiger partial charge in [0.25, 0.3) is 0 Å². The monoisotopic (exact) mass is 499 g/mol. The van der Waals surface area contributed by atoms with Gasteiger partial charge in [-0.25, -0.2) is 23.2 Å². The molecule has 1 aliphatic heterocycles. The highest BCUT2D eigenvalue weighted by Crippen LogP contribution is 2.28. The number of benzene rings is 1. The number of carboxylic acid groups (broad SMARTS) is 1. The molecule has 15 heteroatoms. The molecule has 1 aromatic carbocycles. The first-order valence-corrected chi connectivity index (χ1v) is 12.4. The van der Waals surface area contributed by atoms with E-state index in [4.69, 9.17) is 0 Å². The molecule has 1 fully saturated rings. The van der Waals surface area contributed by atoms with Gasteiger partial charge in [-0.15, -0.1) is 5.10 Å². The largest absolute Gasteiger partial charge is 0.465 e. The lowest BCUT2D eigenvalue weighted by Crippen LogP contribution is -2.44. The van der Waals surface area contributed by atoms with E-state index in [1.165, 1.54) is 10.6 Å². The van der Waals surface area contributed by atoms with Crippen molar-refractivity contribution in [2.45, 2.75) is 10.9 Å². The molecule has 0 spiro atoms. The number of nitrogens with one attached hydrogen (secondary N) is 2. The first-order valence-electron chi connectivity index (χ1n) is 10.5. The number of nitrogens with zero attached hydrogens (tertiary/aromatic N) is 7.